The van der Waals surface area contributed by atoms with Crippen LogP contribution in [0.5, 0.6) is 0 Å². The highest BCUT2D eigenvalue weighted by Crippen LogP contribution is 2.55. The third-order valence-corrected chi connectivity index (χ3v) is 9.19. The number of likely N-dealkylation sites (N-methyl/N-ethyl adjacent to an activating group) is 1. The van der Waals surface area contributed by atoms with Gasteiger partial charge in [0.05, 0.1) is 34.8 Å². The number of benzene rings is 1. The summed E-state index contributed by atoms with van der Waals surface area (Å²) in [5.41, 5.74) is 4.56. The number of carbonyl (C=O) groups excluding carboxylic acids is 1. The molecule has 3 aliphatic rings. The van der Waals surface area contributed by atoms with Crippen molar-refractivity contribution >= 4 is 44.0 Å². The van der Waals surface area contributed by atoms with Gasteiger partial charge in [0, 0.05) is 48.9 Å². The van der Waals surface area contributed by atoms with Crippen molar-refractivity contribution in [1.29, 1.82) is 0 Å². The fraction of sp³-hybridized carbons (Fsp3) is 0.464. The van der Waals surface area contributed by atoms with Crippen molar-refractivity contribution in [3.63, 3.8) is 0 Å². The van der Waals surface area contributed by atoms with E-state index >= 15 is 0 Å². The maximum Gasteiger partial charge on any atom is 0.237 e. The number of nitrogens with zero attached hydrogens (tertiary/aromatic N) is 5. The molecule has 1 saturated heterocycles. The number of hydrogen-bond donors (Lipinski definition) is 1. The zero-order valence-corrected chi connectivity index (χ0v) is 23.2. The molecule has 1 aromatic carbocycles. The standard InChI is InChI=1S/C28H34N6O3S/c1-32(2)20-8-12-34(13-9-20)26-23(31-38(4,36)37)15-19(16-30-26)18-6-7-22-21(14-18)25-24(17-29-22)33(3)27(35)28(25)10-5-11-28/h6-7,14-17,20,31H,5,8-13H2,1-4H3. The van der Waals surface area contributed by atoms with Crippen LogP contribution in [0.2, 0.25) is 0 Å². The van der Waals surface area contributed by atoms with Crippen LogP contribution in [0.1, 0.15) is 37.7 Å². The molecule has 1 spiro atoms. The van der Waals surface area contributed by atoms with Gasteiger partial charge >= 0.3 is 0 Å². The summed E-state index contributed by atoms with van der Waals surface area (Å²) in [5, 5.41) is 0.977. The van der Waals surface area contributed by atoms with Gasteiger partial charge in [0.25, 0.3) is 0 Å². The number of anilines is 3. The summed E-state index contributed by atoms with van der Waals surface area (Å²) in [5.74, 6) is 0.808. The number of amides is 1. The zero-order valence-electron chi connectivity index (χ0n) is 22.4. The van der Waals surface area contributed by atoms with E-state index in [9.17, 15) is 13.2 Å². The molecule has 1 aliphatic carbocycles. The van der Waals surface area contributed by atoms with Crippen molar-refractivity contribution in [2.24, 2.45) is 0 Å². The first-order valence-corrected chi connectivity index (χ1v) is 15.1. The maximum absolute atomic E-state index is 13.2. The van der Waals surface area contributed by atoms with Crippen molar-refractivity contribution in [3.05, 3.63) is 42.2 Å². The highest BCUT2D eigenvalue weighted by molar-refractivity contribution is 7.92. The van der Waals surface area contributed by atoms with Gasteiger partial charge in [-0.3, -0.25) is 14.5 Å². The summed E-state index contributed by atoms with van der Waals surface area (Å²) in [6, 6.07) is 8.42. The fourth-order valence-corrected chi connectivity index (χ4v) is 6.94. The predicted octanol–water partition coefficient (Wildman–Crippen LogP) is 3.60. The molecule has 0 bridgehead atoms. The lowest BCUT2D eigenvalue weighted by atomic mass is 9.64. The minimum Gasteiger partial charge on any atom is -0.355 e. The Balaban J connectivity index is 1.42. The van der Waals surface area contributed by atoms with Crippen LogP contribution in [0.3, 0.4) is 0 Å². The predicted molar refractivity (Wildman–Crippen MR) is 151 cm³/mol. The molecule has 0 atom stereocenters. The number of fused-ring (bicyclic) bond motifs is 4. The summed E-state index contributed by atoms with van der Waals surface area (Å²) >= 11 is 0. The SMILES string of the molecule is CN1C(=O)C2(CCC2)c2c1cnc1ccc(-c3cnc(N4CCC(N(C)C)CC4)c(NS(C)(=O)=O)c3)cc21. The van der Waals surface area contributed by atoms with Gasteiger partial charge < -0.3 is 14.7 Å². The quantitative estimate of drug-likeness (QED) is 0.534. The highest BCUT2D eigenvalue weighted by Gasteiger charge is 2.54. The van der Waals surface area contributed by atoms with Crippen molar-refractivity contribution in [3.8, 4) is 11.1 Å². The number of sulfonamides is 1. The van der Waals surface area contributed by atoms with Gasteiger partial charge in [0.15, 0.2) is 5.82 Å². The van der Waals surface area contributed by atoms with Gasteiger partial charge in [-0.15, -0.1) is 0 Å². The molecule has 0 unspecified atom stereocenters. The normalized spacial score (nSPS) is 19.3. The zero-order chi connectivity index (χ0) is 26.8. The van der Waals surface area contributed by atoms with Gasteiger partial charge in [-0.1, -0.05) is 12.5 Å². The second kappa shape index (κ2) is 8.91. The topological polar surface area (TPSA) is 98.7 Å². The Morgan fingerprint density at radius 3 is 2.42 bits per heavy atom. The van der Waals surface area contributed by atoms with E-state index in [-0.39, 0.29) is 5.91 Å². The van der Waals surface area contributed by atoms with E-state index in [0.29, 0.717) is 17.5 Å². The fourth-order valence-electron chi connectivity index (χ4n) is 6.39. The Morgan fingerprint density at radius 1 is 1.05 bits per heavy atom. The monoisotopic (exact) mass is 534 g/mol. The minimum absolute atomic E-state index is 0.155. The van der Waals surface area contributed by atoms with E-state index in [1.165, 1.54) is 0 Å². The van der Waals surface area contributed by atoms with Gasteiger partial charge in [-0.25, -0.2) is 13.4 Å². The molecule has 9 nitrogen and oxygen atoms in total. The van der Waals surface area contributed by atoms with Gasteiger partial charge in [-0.05, 0) is 63.5 Å². The average Bonchev–Trinajstić information content (AvgIpc) is 3.10. The number of aromatic nitrogens is 2. The summed E-state index contributed by atoms with van der Waals surface area (Å²) in [6.07, 6.45) is 9.53. The van der Waals surface area contributed by atoms with Crippen LogP contribution in [0.4, 0.5) is 17.2 Å². The second-order valence-electron chi connectivity index (χ2n) is 11.2. The Kier molecular flexibility index (Phi) is 5.88. The molecule has 6 rings (SSSR count). The summed E-state index contributed by atoms with van der Waals surface area (Å²) < 4.78 is 27.3. The van der Waals surface area contributed by atoms with Crippen LogP contribution in [-0.4, -0.2) is 75.7 Å². The minimum atomic E-state index is -3.51. The van der Waals surface area contributed by atoms with E-state index < -0.39 is 15.4 Å². The van der Waals surface area contributed by atoms with Crippen molar-refractivity contribution in [2.45, 2.75) is 43.6 Å². The molecular weight excluding hydrogens is 500 g/mol. The summed E-state index contributed by atoms with van der Waals surface area (Å²) in [6.45, 7) is 1.62. The Morgan fingerprint density at radius 2 is 1.79 bits per heavy atom. The first kappa shape index (κ1) is 25.1. The van der Waals surface area contributed by atoms with Crippen molar-refractivity contribution in [2.75, 3.05) is 55.0 Å². The molecule has 1 N–H and O–H groups in total. The molecule has 10 heteroatoms. The number of pyridine rings is 2. The Bertz CT molecular complexity index is 1540. The lowest BCUT2D eigenvalue weighted by molar-refractivity contribution is -0.125. The number of hydrogen-bond acceptors (Lipinski definition) is 7. The van der Waals surface area contributed by atoms with E-state index in [2.05, 4.69) is 39.7 Å². The third kappa shape index (κ3) is 4.01. The van der Waals surface area contributed by atoms with Crippen LogP contribution in [0.25, 0.3) is 22.0 Å². The second-order valence-corrected chi connectivity index (χ2v) is 12.9. The molecule has 2 fully saturated rings. The highest BCUT2D eigenvalue weighted by atomic mass is 32.2. The molecule has 0 radical (unpaired) electrons. The van der Waals surface area contributed by atoms with Crippen LogP contribution in [-0.2, 0) is 20.2 Å². The number of rotatable bonds is 5. The average molecular weight is 535 g/mol. The number of carbonyl (C=O) groups is 1. The maximum atomic E-state index is 13.2. The Hall–Kier alpha value is -3.24. The van der Waals surface area contributed by atoms with Crippen LogP contribution in [0.15, 0.2) is 36.7 Å². The number of piperidine rings is 1. The van der Waals surface area contributed by atoms with E-state index in [0.717, 1.165) is 84.7 Å². The van der Waals surface area contributed by atoms with Gasteiger partial charge in [0.2, 0.25) is 15.9 Å². The summed E-state index contributed by atoms with van der Waals surface area (Å²) in [4.78, 5) is 28.8. The van der Waals surface area contributed by atoms with E-state index in [1.54, 1.807) is 4.90 Å². The molecule has 200 valence electrons. The first-order valence-electron chi connectivity index (χ1n) is 13.2. The lowest BCUT2D eigenvalue weighted by Gasteiger charge is -2.37. The van der Waals surface area contributed by atoms with Crippen LogP contribution < -0.4 is 14.5 Å². The first-order chi connectivity index (χ1) is 18.1. The summed E-state index contributed by atoms with van der Waals surface area (Å²) in [7, 11) is 2.52. The largest absolute Gasteiger partial charge is 0.355 e. The molecule has 1 amide bonds. The molecule has 38 heavy (non-hydrogen) atoms. The van der Waals surface area contributed by atoms with E-state index in [1.807, 2.05) is 37.6 Å². The smallest absolute Gasteiger partial charge is 0.237 e. The van der Waals surface area contributed by atoms with Crippen molar-refractivity contribution < 1.29 is 13.2 Å². The molecule has 2 aromatic heterocycles. The van der Waals surface area contributed by atoms with Crippen molar-refractivity contribution in [1.82, 2.24) is 14.9 Å². The van der Waals surface area contributed by atoms with Gasteiger partial charge in [0.1, 0.15) is 0 Å². The molecule has 1 saturated carbocycles. The third-order valence-electron chi connectivity index (χ3n) is 8.60. The molecule has 3 aromatic rings. The van der Waals surface area contributed by atoms with E-state index in [4.69, 9.17) is 4.98 Å². The van der Waals surface area contributed by atoms with Crippen LogP contribution in [0, 0.1) is 0 Å². The Labute approximate surface area is 223 Å². The number of nitrogens with one attached hydrogen (secondary N) is 1. The molecule has 2 aliphatic heterocycles. The lowest BCUT2D eigenvalue weighted by Crippen LogP contribution is -2.43. The van der Waals surface area contributed by atoms with Gasteiger partial charge in [-0.2, -0.15) is 0 Å². The molecule has 4 heterocycles. The molecular formula is C28H34N6O3S. The van der Waals surface area contributed by atoms with Crippen LogP contribution >= 0.6 is 0 Å².